The summed E-state index contributed by atoms with van der Waals surface area (Å²) in [5, 5.41) is 2.65. The van der Waals surface area contributed by atoms with Crippen molar-refractivity contribution in [2.24, 2.45) is 0 Å². The molecule has 1 fully saturated rings. The van der Waals surface area contributed by atoms with Gasteiger partial charge in [-0.2, -0.15) is 0 Å². The molecule has 0 unspecified atom stereocenters. The van der Waals surface area contributed by atoms with Crippen LogP contribution in [-0.2, 0) is 4.79 Å². The van der Waals surface area contributed by atoms with E-state index in [1.165, 1.54) is 0 Å². The van der Waals surface area contributed by atoms with Crippen molar-refractivity contribution in [1.82, 2.24) is 10.2 Å². The first-order chi connectivity index (χ1) is 9.63. The van der Waals surface area contributed by atoms with Gasteiger partial charge < -0.3 is 20.7 Å². The third-order valence-electron chi connectivity index (χ3n) is 3.60. The van der Waals surface area contributed by atoms with Crippen molar-refractivity contribution in [3.8, 4) is 5.75 Å². The minimum Gasteiger partial charge on any atom is -0.495 e. The van der Waals surface area contributed by atoms with Gasteiger partial charge >= 0.3 is 0 Å². The predicted octanol–water partition coefficient (Wildman–Crippen LogP) is 0.145. The molecule has 110 valence electrons. The van der Waals surface area contributed by atoms with Gasteiger partial charge in [-0.05, 0) is 12.1 Å². The zero-order chi connectivity index (χ0) is 14.5. The lowest BCUT2D eigenvalue weighted by Crippen LogP contribution is -2.49. The number of nitrogens with two attached hydrogens (primary N) is 1. The Bertz CT molecular complexity index is 470. The second-order valence-electron chi connectivity index (χ2n) is 4.86. The van der Waals surface area contributed by atoms with Gasteiger partial charge in [0, 0.05) is 45.0 Å². The van der Waals surface area contributed by atoms with E-state index in [4.69, 9.17) is 10.5 Å². The van der Waals surface area contributed by atoms with Crippen LogP contribution in [-0.4, -0.2) is 57.7 Å². The van der Waals surface area contributed by atoms with Crippen LogP contribution < -0.4 is 20.7 Å². The molecule has 0 saturated carbocycles. The molecule has 1 aromatic carbocycles. The van der Waals surface area contributed by atoms with Gasteiger partial charge in [0.05, 0.1) is 19.3 Å². The van der Waals surface area contributed by atoms with Gasteiger partial charge in [0.25, 0.3) is 0 Å². The average Bonchev–Trinajstić information content (AvgIpc) is 2.48. The van der Waals surface area contributed by atoms with E-state index in [1.54, 1.807) is 14.2 Å². The zero-order valence-corrected chi connectivity index (χ0v) is 12.1. The molecule has 1 aliphatic rings. The van der Waals surface area contributed by atoms with Crippen LogP contribution in [0.3, 0.4) is 0 Å². The van der Waals surface area contributed by atoms with Crippen LogP contribution in [0, 0.1) is 0 Å². The van der Waals surface area contributed by atoms with E-state index in [-0.39, 0.29) is 5.91 Å². The van der Waals surface area contributed by atoms with Gasteiger partial charge in [-0.3, -0.25) is 9.69 Å². The minimum atomic E-state index is 0.0626. The number of piperazine rings is 1. The molecule has 0 atom stereocenters. The number of nitrogens with zero attached hydrogens (tertiary/aromatic N) is 2. The summed E-state index contributed by atoms with van der Waals surface area (Å²) in [6.07, 6.45) is 0. The van der Waals surface area contributed by atoms with Crippen molar-refractivity contribution in [2.45, 2.75) is 0 Å². The zero-order valence-electron chi connectivity index (χ0n) is 12.1. The summed E-state index contributed by atoms with van der Waals surface area (Å²) >= 11 is 0. The highest BCUT2D eigenvalue weighted by Gasteiger charge is 2.19. The standard InChI is InChI=1S/C14H22N4O2/c1-16-14(19)10-17-5-7-18(8-6-17)11-3-4-12(15)13(9-11)20-2/h3-4,9H,5-8,10,15H2,1-2H3,(H,16,19). The number of benzene rings is 1. The molecule has 0 aromatic heterocycles. The number of carbonyl (C=O) groups is 1. The molecule has 6 heteroatoms. The second kappa shape index (κ2) is 6.47. The smallest absolute Gasteiger partial charge is 0.233 e. The first kappa shape index (κ1) is 14.5. The van der Waals surface area contributed by atoms with E-state index in [2.05, 4.69) is 15.1 Å². The van der Waals surface area contributed by atoms with Crippen LogP contribution in [0.1, 0.15) is 0 Å². The van der Waals surface area contributed by atoms with Crippen molar-refractivity contribution >= 4 is 17.3 Å². The molecule has 0 aliphatic carbocycles. The number of nitrogens with one attached hydrogen (secondary N) is 1. The third-order valence-corrected chi connectivity index (χ3v) is 3.60. The number of anilines is 2. The number of ether oxygens (including phenoxy) is 1. The Morgan fingerprint density at radius 2 is 2.05 bits per heavy atom. The molecule has 3 N–H and O–H groups in total. The third kappa shape index (κ3) is 3.33. The summed E-state index contributed by atoms with van der Waals surface area (Å²) < 4.78 is 5.25. The summed E-state index contributed by atoms with van der Waals surface area (Å²) in [6.45, 7) is 4.00. The normalized spacial score (nSPS) is 16.0. The molecular weight excluding hydrogens is 256 g/mol. The number of hydrogen-bond acceptors (Lipinski definition) is 5. The second-order valence-corrected chi connectivity index (χ2v) is 4.86. The topological polar surface area (TPSA) is 70.8 Å². The molecule has 0 radical (unpaired) electrons. The van der Waals surface area contributed by atoms with E-state index in [9.17, 15) is 4.79 Å². The minimum absolute atomic E-state index is 0.0626. The van der Waals surface area contributed by atoms with E-state index < -0.39 is 0 Å². The molecule has 1 amide bonds. The average molecular weight is 278 g/mol. The summed E-state index contributed by atoms with van der Waals surface area (Å²) in [5.74, 6) is 0.767. The lowest BCUT2D eigenvalue weighted by Gasteiger charge is -2.35. The highest BCUT2D eigenvalue weighted by Crippen LogP contribution is 2.27. The van der Waals surface area contributed by atoms with E-state index >= 15 is 0 Å². The largest absolute Gasteiger partial charge is 0.495 e. The summed E-state index contributed by atoms with van der Waals surface area (Å²) in [6, 6.07) is 5.83. The van der Waals surface area contributed by atoms with Crippen LogP contribution in [0.25, 0.3) is 0 Å². The number of likely N-dealkylation sites (N-methyl/N-ethyl adjacent to an activating group) is 1. The highest BCUT2D eigenvalue weighted by atomic mass is 16.5. The number of rotatable bonds is 4. The summed E-state index contributed by atoms with van der Waals surface area (Å²) in [5.41, 5.74) is 7.58. The summed E-state index contributed by atoms with van der Waals surface area (Å²) in [4.78, 5) is 15.8. The SMILES string of the molecule is CNC(=O)CN1CCN(c2ccc(N)c(OC)c2)CC1. The van der Waals surface area contributed by atoms with Gasteiger partial charge in [0.1, 0.15) is 5.75 Å². The van der Waals surface area contributed by atoms with Crippen molar-refractivity contribution in [3.63, 3.8) is 0 Å². The van der Waals surface area contributed by atoms with E-state index in [0.717, 1.165) is 31.9 Å². The number of nitrogen functional groups attached to an aromatic ring is 1. The molecular formula is C14H22N4O2. The van der Waals surface area contributed by atoms with Crippen molar-refractivity contribution in [1.29, 1.82) is 0 Å². The first-order valence-electron chi connectivity index (χ1n) is 6.75. The van der Waals surface area contributed by atoms with Crippen LogP contribution in [0.15, 0.2) is 18.2 Å². The summed E-state index contributed by atoms with van der Waals surface area (Å²) in [7, 11) is 3.29. The Hall–Kier alpha value is -1.95. The molecule has 0 bridgehead atoms. The molecule has 1 aromatic rings. The van der Waals surface area contributed by atoms with Gasteiger partial charge in [0.2, 0.25) is 5.91 Å². The molecule has 1 aliphatic heterocycles. The molecule has 1 heterocycles. The quantitative estimate of drug-likeness (QED) is 0.767. The van der Waals surface area contributed by atoms with Gasteiger partial charge in [-0.1, -0.05) is 0 Å². The van der Waals surface area contributed by atoms with E-state index in [0.29, 0.717) is 18.0 Å². The number of amides is 1. The Kier molecular flexibility index (Phi) is 4.68. The number of carbonyl (C=O) groups excluding carboxylic acids is 1. The maximum Gasteiger partial charge on any atom is 0.233 e. The van der Waals surface area contributed by atoms with Crippen LogP contribution in [0.5, 0.6) is 5.75 Å². The Morgan fingerprint density at radius 3 is 2.65 bits per heavy atom. The maximum atomic E-state index is 11.4. The van der Waals surface area contributed by atoms with Crippen molar-refractivity contribution < 1.29 is 9.53 Å². The fourth-order valence-corrected chi connectivity index (χ4v) is 2.34. The van der Waals surface area contributed by atoms with Crippen molar-refractivity contribution in [3.05, 3.63) is 18.2 Å². The molecule has 6 nitrogen and oxygen atoms in total. The monoisotopic (exact) mass is 278 g/mol. The molecule has 20 heavy (non-hydrogen) atoms. The molecule has 0 spiro atoms. The van der Waals surface area contributed by atoms with Crippen LogP contribution in [0.4, 0.5) is 11.4 Å². The maximum absolute atomic E-state index is 11.4. The predicted molar refractivity (Wildman–Crippen MR) is 80.1 cm³/mol. The molecule has 2 rings (SSSR count). The fraction of sp³-hybridized carbons (Fsp3) is 0.500. The van der Waals surface area contributed by atoms with Gasteiger partial charge in [-0.15, -0.1) is 0 Å². The number of methoxy groups -OCH3 is 1. The van der Waals surface area contributed by atoms with Gasteiger partial charge in [0.15, 0.2) is 0 Å². The number of hydrogen-bond donors (Lipinski definition) is 2. The Balaban J connectivity index is 1.95. The van der Waals surface area contributed by atoms with Gasteiger partial charge in [-0.25, -0.2) is 0 Å². The van der Waals surface area contributed by atoms with Crippen molar-refractivity contribution in [2.75, 3.05) is 57.5 Å². The highest BCUT2D eigenvalue weighted by molar-refractivity contribution is 5.77. The Morgan fingerprint density at radius 1 is 1.35 bits per heavy atom. The Labute approximate surface area is 119 Å². The lowest BCUT2D eigenvalue weighted by atomic mass is 10.2. The molecule has 1 saturated heterocycles. The lowest BCUT2D eigenvalue weighted by molar-refractivity contribution is -0.121. The van der Waals surface area contributed by atoms with E-state index in [1.807, 2.05) is 18.2 Å². The first-order valence-corrected chi connectivity index (χ1v) is 6.75. The van der Waals surface area contributed by atoms with Crippen LogP contribution in [0.2, 0.25) is 0 Å². The van der Waals surface area contributed by atoms with Crippen LogP contribution >= 0.6 is 0 Å². The fourth-order valence-electron chi connectivity index (χ4n) is 2.34.